The van der Waals surface area contributed by atoms with Gasteiger partial charge >= 0.3 is 0 Å². The number of ether oxygens (including phenoxy) is 1. The summed E-state index contributed by atoms with van der Waals surface area (Å²) in [5.74, 6) is 1.74. The largest absolute Gasteiger partial charge is 0.379 e. The summed E-state index contributed by atoms with van der Waals surface area (Å²) in [6.45, 7) is 3.32. The molecule has 1 aliphatic carbocycles. The molecular formula is C16H25N3O. The predicted molar refractivity (Wildman–Crippen MR) is 82.8 cm³/mol. The molecular weight excluding hydrogens is 250 g/mol. The Morgan fingerprint density at radius 1 is 1.35 bits per heavy atom. The van der Waals surface area contributed by atoms with E-state index in [4.69, 9.17) is 4.74 Å². The predicted octanol–water partition coefficient (Wildman–Crippen LogP) is 2.12. The Balaban J connectivity index is 1.67. The van der Waals surface area contributed by atoms with Crippen molar-refractivity contribution in [1.82, 2.24) is 10.2 Å². The Morgan fingerprint density at radius 2 is 2.10 bits per heavy atom. The second-order valence-electron chi connectivity index (χ2n) is 5.33. The van der Waals surface area contributed by atoms with Gasteiger partial charge in [-0.1, -0.05) is 30.3 Å². The van der Waals surface area contributed by atoms with Crippen molar-refractivity contribution in [3.63, 3.8) is 0 Å². The number of hydrogen-bond donors (Lipinski definition) is 1. The molecule has 1 saturated carbocycles. The van der Waals surface area contributed by atoms with Crippen molar-refractivity contribution in [3.05, 3.63) is 35.9 Å². The van der Waals surface area contributed by atoms with Gasteiger partial charge in [0.25, 0.3) is 0 Å². The van der Waals surface area contributed by atoms with Gasteiger partial charge in [-0.05, 0) is 24.3 Å². The summed E-state index contributed by atoms with van der Waals surface area (Å²) in [5.41, 5.74) is 1.28. The van der Waals surface area contributed by atoms with Crippen LogP contribution in [0.15, 0.2) is 35.3 Å². The van der Waals surface area contributed by atoms with E-state index in [1.807, 2.05) is 20.2 Å². The van der Waals surface area contributed by atoms with Gasteiger partial charge in [0.1, 0.15) is 0 Å². The lowest BCUT2D eigenvalue weighted by atomic mass is 10.2. The van der Waals surface area contributed by atoms with Gasteiger partial charge in [-0.3, -0.25) is 4.99 Å². The minimum Gasteiger partial charge on any atom is -0.379 e. The summed E-state index contributed by atoms with van der Waals surface area (Å²) >= 11 is 0. The van der Waals surface area contributed by atoms with E-state index in [2.05, 4.69) is 39.5 Å². The maximum absolute atomic E-state index is 5.61. The molecule has 0 amide bonds. The summed E-state index contributed by atoms with van der Waals surface area (Å²) in [4.78, 5) is 6.43. The maximum Gasteiger partial charge on any atom is 0.193 e. The molecule has 0 aromatic heterocycles. The average Bonchev–Trinajstić information content (AvgIpc) is 3.28. The molecule has 4 nitrogen and oxygen atoms in total. The molecule has 2 rings (SSSR count). The van der Waals surface area contributed by atoms with Gasteiger partial charge in [0, 0.05) is 33.8 Å². The van der Waals surface area contributed by atoms with Crippen LogP contribution in [0.2, 0.25) is 0 Å². The monoisotopic (exact) mass is 275 g/mol. The Morgan fingerprint density at radius 3 is 2.75 bits per heavy atom. The summed E-state index contributed by atoms with van der Waals surface area (Å²) in [6, 6.07) is 10.4. The fraction of sp³-hybridized carbons (Fsp3) is 0.562. The van der Waals surface area contributed by atoms with Crippen molar-refractivity contribution >= 4 is 5.96 Å². The Kier molecular flexibility index (Phi) is 5.87. The minimum absolute atomic E-state index is 0.745. The molecule has 1 aromatic carbocycles. The van der Waals surface area contributed by atoms with Gasteiger partial charge in [-0.15, -0.1) is 0 Å². The molecule has 4 heteroatoms. The molecule has 1 fully saturated rings. The number of nitrogens with one attached hydrogen (secondary N) is 1. The highest BCUT2D eigenvalue weighted by Gasteiger charge is 2.20. The molecule has 0 spiro atoms. The molecule has 0 saturated heterocycles. The second kappa shape index (κ2) is 7.90. The lowest BCUT2D eigenvalue weighted by Crippen LogP contribution is -2.40. The quantitative estimate of drug-likeness (QED) is 0.470. The third-order valence-corrected chi connectivity index (χ3v) is 3.42. The fourth-order valence-electron chi connectivity index (χ4n) is 2.09. The molecule has 20 heavy (non-hydrogen) atoms. The third kappa shape index (κ3) is 5.21. The molecule has 0 heterocycles. The van der Waals surface area contributed by atoms with Crippen LogP contribution in [-0.4, -0.2) is 44.7 Å². The van der Waals surface area contributed by atoms with E-state index in [1.54, 1.807) is 0 Å². The summed E-state index contributed by atoms with van der Waals surface area (Å²) in [5, 5.41) is 3.33. The molecule has 1 aromatic rings. The van der Waals surface area contributed by atoms with Crippen LogP contribution in [0.4, 0.5) is 0 Å². The third-order valence-electron chi connectivity index (χ3n) is 3.42. The number of aliphatic imine (C=N–C) groups is 1. The Bertz CT molecular complexity index is 415. The van der Waals surface area contributed by atoms with E-state index >= 15 is 0 Å². The smallest absolute Gasteiger partial charge is 0.193 e. The van der Waals surface area contributed by atoms with Crippen molar-refractivity contribution in [1.29, 1.82) is 0 Å². The van der Waals surface area contributed by atoms with Gasteiger partial charge in [-0.25, -0.2) is 0 Å². The zero-order chi connectivity index (χ0) is 14.2. The van der Waals surface area contributed by atoms with E-state index in [0.717, 1.165) is 38.2 Å². The zero-order valence-electron chi connectivity index (χ0n) is 12.5. The van der Waals surface area contributed by atoms with E-state index in [9.17, 15) is 0 Å². The van der Waals surface area contributed by atoms with Crippen LogP contribution in [0.5, 0.6) is 0 Å². The van der Waals surface area contributed by atoms with E-state index in [1.165, 1.54) is 18.4 Å². The van der Waals surface area contributed by atoms with Crippen LogP contribution < -0.4 is 5.32 Å². The van der Waals surface area contributed by atoms with E-state index in [-0.39, 0.29) is 0 Å². The van der Waals surface area contributed by atoms with Crippen molar-refractivity contribution < 1.29 is 4.74 Å². The fourth-order valence-corrected chi connectivity index (χ4v) is 2.09. The number of rotatable bonds is 7. The van der Waals surface area contributed by atoms with E-state index in [0.29, 0.717) is 0 Å². The normalized spacial score (nSPS) is 15.2. The Hall–Kier alpha value is -1.55. The highest BCUT2D eigenvalue weighted by Crippen LogP contribution is 2.28. The lowest BCUT2D eigenvalue weighted by Gasteiger charge is -2.22. The van der Waals surface area contributed by atoms with E-state index < -0.39 is 0 Å². The van der Waals surface area contributed by atoms with Crippen molar-refractivity contribution in [3.8, 4) is 0 Å². The second-order valence-corrected chi connectivity index (χ2v) is 5.33. The average molecular weight is 275 g/mol. The molecule has 110 valence electrons. The van der Waals surface area contributed by atoms with Crippen LogP contribution >= 0.6 is 0 Å². The highest BCUT2D eigenvalue weighted by molar-refractivity contribution is 5.79. The molecule has 1 N–H and O–H groups in total. The van der Waals surface area contributed by atoms with Gasteiger partial charge in [0.2, 0.25) is 0 Å². The van der Waals surface area contributed by atoms with Crippen LogP contribution in [0.1, 0.15) is 18.4 Å². The molecule has 0 atom stereocenters. The summed E-state index contributed by atoms with van der Waals surface area (Å²) in [6.07, 6.45) is 2.68. The van der Waals surface area contributed by atoms with Crippen LogP contribution in [0.3, 0.4) is 0 Å². The number of benzene rings is 1. The lowest BCUT2D eigenvalue weighted by molar-refractivity contribution is 0.128. The van der Waals surface area contributed by atoms with Gasteiger partial charge in [0.05, 0.1) is 6.61 Å². The summed E-state index contributed by atoms with van der Waals surface area (Å²) in [7, 11) is 3.86. The van der Waals surface area contributed by atoms with Gasteiger partial charge in [-0.2, -0.15) is 0 Å². The standard InChI is InChI=1S/C16H25N3O/c1-17-16(18-10-11-20-13-15-8-9-15)19(2)12-14-6-4-3-5-7-14/h3-7,15H,8-13H2,1-2H3,(H,17,18). The molecule has 0 aliphatic heterocycles. The number of hydrogen-bond acceptors (Lipinski definition) is 2. The summed E-state index contributed by atoms with van der Waals surface area (Å²) < 4.78 is 5.61. The molecule has 0 unspecified atom stereocenters. The zero-order valence-corrected chi connectivity index (χ0v) is 12.5. The molecule has 1 aliphatic rings. The van der Waals surface area contributed by atoms with Crippen LogP contribution in [-0.2, 0) is 11.3 Å². The first-order valence-electron chi connectivity index (χ1n) is 7.33. The highest BCUT2D eigenvalue weighted by atomic mass is 16.5. The Labute approximate surface area is 121 Å². The topological polar surface area (TPSA) is 36.9 Å². The SMILES string of the molecule is CN=C(NCCOCC1CC1)N(C)Cc1ccccc1. The minimum atomic E-state index is 0.745. The van der Waals surface area contributed by atoms with Crippen LogP contribution in [0, 0.1) is 5.92 Å². The van der Waals surface area contributed by atoms with Gasteiger partial charge in [0.15, 0.2) is 5.96 Å². The molecule has 0 bridgehead atoms. The molecule has 0 radical (unpaired) electrons. The first-order valence-corrected chi connectivity index (χ1v) is 7.33. The van der Waals surface area contributed by atoms with Crippen molar-refractivity contribution in [2.45, 2.75) is 19.4 Å². The number of guanidine groups is 1. The first kappa shape index (κ1) is 14.9. The van der Waals surface area contributed by atoms with Crippen molar-refractivity contribution in [2.24, 2.45) is 10.9 Å². The van der Waals surface area contributed by atoms with Gasteiger partial charge < -0.3 is 15.0 Å². The maximum atomic E-state index is 5.61. The number of nitrogens with zero attached hydrogens (tertiary/aromatic N) is 2. The first-order chi connectivity index (χ1) is 9.79. The van der Waals surface area contributed by atoms with Crippen LogP contribution in [0.25, 0.3) is 0 Å². The van der Waals surface area contributed by atoms with Crippen molar-refractivity contribution in [2.75, 3.05) is 33.9 Å².